The summed E-state index contributed by atoms with van der Waals surface area (Å²) >= 11 is 0. The van der Waals surface area contributed by atoms with E-state index in [2.05, 4.69) is 12.2 Å². The van der Waals surface area contributed by atoms with Gasteiger partial charge in [0.05, 0.1) is 12.6 Å². The van der Waals surface area contributed by atoms with Gasteiger partial charge >= 0.3 is 0 Å². The average Bonchev–Trinajstić information content (AvgIpc) is 3.08. The van der Waals surface area contributed by atoms with Crippen molar-refractivity contribution in [2.24, 2.45) is 11.8 Å². The first-order valence-electron chi connectivity index (χ1n) is 7.93. The van der Waals surface area contributed by atoms with Crippen molar-refractivity contribution >= 4 is 17.5 Å². The van der Waals surface area contributed by atoms with E-state index in [1.807, 2.05) is 0 Å². The molecule has 1 aliphatic carbocycles. The van der Waals surface area contributed by atoms with Gasteiger partial charge in [0.1, 0.15) is 0 Å². The summed E-state index contributed by atoms with van der Waals surface area (Å²) < 4.78 is 0. The van der Waals surface area contributed by atoms with Crippen LogP contribution in [0.1, 0.15) is 36.5 Å². The van der Waals surface area contributed by atoms with E-state index in [1.165, 1.54) is 0 Å². The Morgan fingerprint density at radius 1 is 1.41 bits per heavy atom. The Morgan fingerprint density at radius 2 is 2.18 bits per heavy atom. The van der Waals surface area contributed by atoms with Gasteiger partial charge in [0.2, 0.25) is 5.91 Å². The lowest BCUT2D eigenvalue weighted by molar-refractivity contribution is -0.117. The van der Waals surface area contributed by atoms with E-state index in [9.17, 15) is 14.7 Å². The summed E-state index contributed by atoms with van der Waals surface area (Å²) in [6.07, 6.45) is 2.71. The van der Waals surface area contributed by atoms with Gasteiger partial charge in [-0.05, 0) is 43.4 Å². The number of likely N-dealkylation sites (tertiary alicyclic amines) is 1. The molecule has 2 unspecified atom stereocenters. The molecule has 1 saturated carbocycles. The second-order valence-corrected chi connectivity index (χ2v) is 6.37. The highest BCUT2D eigenvalue weighted by atomic mass is 16.3. The fourth-order valence-electron chi connectivity index (χ4n) is 3.11. The van der Waals surface area contributed by atoms with Gasteiger partial charge in [0, 0.05) is 23.7 Å². The molecule has 2 N–H and O–H groups in total. The molecule has 5 heteroatoms. The van der Waals surface area contributed by atoms with Crippen molar-refractivity contribution in [3.8, 4) is 0 Å². The van der Waals surface area contributed by atoms with Crippen LogP contribution in [0.15, 0.2) is 24.3 Å². The van der Waals surface area contributed by atoms with Gasteiger partial charge in [-0.3, -0.25) is 9.59 Å². The summed E-state index contributed by atoms with van der Waals surface area (Å²) in [5.41, 5.74) is 1.22. The smallest absolute Gasteiger partial charge is 0.254 e. The summed E-state index contributed by atoms with van der Waals surface area (Å²) in [4.78, 5) is 26.3. The number of hydrogen-bond donors (Lipinski definition) is 2. The fourth-order valence-corrected chi connectivity index (χ4v) is 3.11. The molecule has 0 radical (unpaired) electrons. The fraction of sp³-hybridized carbons (Fsp3) is 0.529. The minimum Gasteiger partial charge on any atom is -0.394 e. The van der Waals surface area contributed by atoms with Crippen LogP contribution in [0.5, 0.6) is 0 Å². The van der Waals surface area contributed by atoms with Crippen LogP contribution in [0.2, 0.25) is 0 Å². The second kappa shape index (κ2) is 6.08. The Balaban J connectivity index is 1.70. The van der Waals surface area contributed by atoms with Crippen LogP contribution in [0.3, 0.4) is 0 Å². The highest BCUT2D eigenvalue weighted by molar-refractivity contribution is 5.98. The first kappa shape index (κ1) is 15.0. The third-order valence-corrected chi connectivity index (χ3v) is 4.67. The average molecular weight is 302 g/mol. The largest absolute Gasteiger partial charge is 0.394 e. The van der Waals surface area contributed by atoms with Crippen LogP contribution in [0, 0.1) is 11.8 Å². The van der Waals surface area contributed by atoms with Gasteiger partial charge in [0.15, 0.2) is 0 Å². The van der Waals surface area contributed by atoms with E-state index in [4.69, 9.17) is 0 Å². The number of carbonyl (C=O) groups is 2. The highest BCUT2D eigenvalue weighted by Gasteiger charge is 2.39. The monoisotopic (exact) mass is 302 g/mol. The third-order valence-electron chi connectivity index (χ3n) is 4.67. The van der Waals surface area contributed by atoms with Crippen molar-refractivity contribution in [3.05, 3.63) is 29.8 Å². The van der Waals surface area contributed by atoms with Gasteiger partial charge in [-0.25, -0.2) is 0 Å². The zero-order chi connectivity index (χ0) is 15.7. The molecular weight excluding hydrogens is 280 g/mol. The Bertz CT molecular complexity index is 587. The summed E-state index contributed by atoms with van der Waals surface area (Å²) in [5, 5.41) is 12.2. The van der Waals surface area contributed by atoms with Gasteiger partial charge in [0.25, 0.3) is 5.91 Å². The molecule has 118 valence electrons. The Morgan fingerprint density at radius 3 is 2.86 bits per heavy atom. The van der Waals surface area contributed by atoms with Crippen LogP contribution in [0.25, 0.3) is 0 Å². The molecule has 0 spiro atoms. The maximum absolute atomic E-state index is 12.6. The van der Waals surface area contributed by atoms with Gasteiger partial charge in [-0.2, -0.15) is 0 Å². The Kier molecular flexibility index (Phi) is 4.16. The lowest BCUT2D eigenvalue weighted by Gasteiger charge is -2.23. The Labute approximate surface area is 130 Å². The number of nitrogens with zero attached hydrogens (tertiary/aromatic N) is 1. The Hall–Kier alpha value is -1.88. The number of amides is 2. The first-order chi connectivity index (χ1) is 10.6. The summed E-state index contributed by atoms with van der Waals surface area (Å²) in [7, 11) is 0. The lowest BCUT2D eigenvalue weighted by atomic mass is 10.1. The van der Waals surface area contributed by atoms with Gasteiger partial charge < -0.3 is 15.3 Å². The van der Waals surface area contributed by atoms with E-state index in [0.29, 0.717) is 23.7 Å². The molecule has 1 aromatic rings. The molecule has 3 atom stereocenters. The predicted octanol–water partition coefficient (Wildman–Crippen LogP) is 1.88. The standard InChI is InChI=1S/C17H22N2O3/c1-11-8-15(11)16(21)18-13-5-2-4-12(9-13)17(22)19-7-3-6-14(19)10-20/h2,4-5,9,11,14-15,20H,3,6-8,10H2,1H3,(H,18,21)/t11?,14-,15?/m1/s1. The lowest BCUT2D eigenvalue weighted by Crippen LogP contribution is -2.37. The predicted molar refractivity (Wildman–Crippen MR) is 83.5 cm³/mol. The van der Waals surface area contributed by atoms with E-state index >= 15 is 0 Å². The number of hydrogen-bond acceptors (Lipinski definition) is 3. The molecule has 2 fully saturated rings. The molecule has 22 heavy (non-hydrogen) atoms. The van der Waals surface area contributed by atoms with Crippen molar-refractivity contribution in [1.82, 2.24) is 4.90 Å². The SMILES string of the molecule is CC1CC1C(=O)Nc1cccc(C(=O)N2CCC[C@@H]2CO)c1. The van der Waals surface area contributed by atoms with Crippen molar-refractivity contribution in [3.63, 3.8) is 0 Å². The zero-order valence-electron chi connectivity index (χ0n) is 12.8. The maximum Gasteiger partial charge on any atom is 0.254 e. The highest BCUT2D eigenvalue weighted by Crippen LogP contribution is 2.38. The number of nitrogens with one attached hydrogen (secondary N) is 1. The van der Waals surface area contributed by atoms with Gasteiger partial charge in [-0.1, -0.05) is 13.0 Å². The van der Waals surface area contributed by atoms with E-state index < -0.39 is 0 Å². The van der Waals surface area contributed by atoms with Crippen molar-refractivity contribution in [1.29, 1.82) is 0 Å². The van der Waals surface area contributed by atoms with Crippen LogP contribution >= 0.6 is 0 Å². The second-order valence-electron chi connectivity index (χ2n) is 6.37. The van der Waals surface area contributed by atoms with Crippen LogP contribution in [-0.2, 0) is 4.79 Å². The third kappa shape index (κ3) is 2.99. The number of benzene rings is 1. The van der Waals surface area contributed by atoms with Gasteiger partial charge in [-0.15, -0.1) is 0 Å². The number of rotatable bonds is 4. The van der Waals surface area contributed by atoms with Crippen LogP contribution in [-0.4, -0.2) is 41.0 Å². The number of anilines is 1. The summed E-state index contributed by atoms with van der Waals surface area (Å²) in [5.74, 6) is 0.524. The summed E-state index contributed by atoms with van der Waals surface area (Å²) in [6.45, 7) is 2.74. The molecular formula is C17H22N2O3. The number of carbonyl (C=O) groups excluding carboxylic acids is 2. The topological polar surface area (TPSA) is 69.6 Å². The number of aliphatic hydroxyl groups excluding tert-OH is 1. The van der Waals surface area contributed by atoms with Crippen molar-refractivity contribution < 1.29 is 14.7 Å². The molecule has 0 aromatic heterocycles. The van der Waals surface area contributed by atoms with Crippen molar-refractivity contribution in [2.75, 3.05) is 18.5 Å². The molecule has 1 aliphatic heterocycles. The minimum atomic E-state index is -0.0851. The van der Waals surface area contributed by atoms with E-state index in [0.717, 1.165) is 19.3 Å². The number of aliphatic hydroxyl groups is 1. The molecule has 0 bridgehead atoms. The molecule has 2 amide bonds. The van der Waals surface area contributed by atoms with Crippen LogP contribution < -0.4 is 5.32 Å². The maximum atomic E-state index is 12.6. The molecule has 5 nitrogen and oxygen atoms in total. The zero-order valence-corrected chi connectivity index (χ0v) is 12.8. The summed E-state index contributed by atoms with van der Waals surface area (Å²) in [6, 6.07) is 6.97. The molecule has 2 aliphatic rings. The van der Waals surface area contributed by atoms with E-state index in [-0.39, 0.29) is 30.4 Å². The first-order valence-corrected chi connectivity index (χ1v) is 7.93. The minimum absolute atomic E-state index is 0.00172. The quantitative estimate of drug-likeness (QED) is 0.892. The molecule has 1 saturated heterocycles. The molecule has 3 rings (SSSR count). The van der Waals surface area contributed by atoms with Crippen molar-refractivity contribution in [2.45, 2.75) is 32.2 Å². The molecule has 1 aromatic carbocycles. The molecule has 1 heterocycles. The normalized spacial score (nSPS) is 26.8. The van der Waals surface area contributed by atoms with E-state index in [1.54, 1.807) is 29.2 Å². The van der Waals surface area contributed by atoms with Crippen LogP contribution in [0.4, 0.5) is 5.69 Å².